The number of ether oxygens (including phenoxy) is 1. The van der Waals surface area contributed by atoms with Crippen LogP contribution in [0.4, 0.5) is 0 Å². The molecule has 0 aliphatic carbocycles. The average Bonchev–Trinajstić information content (AvgIpc) is 2.84. The SMILES string of the molecule is CCCn1c(C(=O)O)ccc1-c1ccc(Cl)c(OC)c1. The van der Waals surface area contributed by atoms with Gasteiger partial charge in [0.25, 0.3) is 0 Å². The third-order valence-electron chi connectivity index (χ3n) is 3.09. The number of nitrogens with zero attached hydrogens (tertiary/aromatic N) is 1. The number of benzene rings is 1. The highest BCUT2D eigenvalue weighted by molar-refractivity contribution is 6.32. The highest BCUT2D eigenvalue weighted by atomic mass is 35.5. The summed E-state index contributed by atoms with van der Waals surface area (Å²) in [6.45, 7) is 2.66. The number of hydrogen-bond donors (Lipinski definition) is 1. The number of carbonyl (C=O) groups is 1. The van der Waals surface area contributed by atoms with Crippen LogP contribution in [-0.2, 0) is 6.54 Å². The van der Waals surface area contributed by atoms with Crippen LogP contribution in [-0.4, -0.2) is 22.8 Å². The Bertz CT molecular complexity index is 634. The Kier molecular flexibility index (Phi) is 4.35. The van der Waals surface area contributed by atoms with Crippen molar-refractivity contribution in [2.45, 2.75) is 19.9 Å². The summed E-state index contributed by atoms with van der Waals surface area (Å²) in [5.41, 5.74) is 2.02. The first-order valence-corrected chi connectivity index (χ1v) is 6.73. The summed E-state index contributed by atoms with van der Waals surface area (Å²) in [6.07, 6.45) is 0.854. The van der Waals surface area contributed by atoms with Crippen molar-refractivity contribution in [1.29, 1.82) is 0 Å². The van der Waals surface area contributed by atoms with Gasteiger partial charge in [-0.1, -0.05) is 24.6 Å². The number of carboxylic acid groups (broad SMARTS) is 1. The molecule has 20 heavy (non-hydrogen) atoms. The van der Waals surface area contributed by atoms with Crippen molar-refractivity contribution < 1.29 is 14.6 Å². The molecular formula is C15H16ClNO3. The maximum Gasteiger partial charge on any atom is 0.352 e. The summed E-state index contributed by atoms with van der Waals surface area (Å²) in [4.78, 5) is 11.3. The molecule has 5 heteroatoms. The minimum atomic E-state index is -0.925. The molecule has 0 saturated heterocycles. The van der Waals surface area contributed by atoms with Crippen LogP contribution in [0.15, 0.2) is 30.3 Å². The second kappa shape index (κ2) is 6.01. The molecule has 0 spiro atoms. The molecule has 1 aromatic carbocycles. The Balaban J connectivity index is 2.54. The summed E-state index contributed by atoms with van der Waals surface area (Å²) in [7, 11) is 1.55. The molecular weight excluding hydrogens is 278 g/mol. The van der Waals surface area contributed by atoms with Crippen molar-refractivity contribution in [2.75, 3.05) is 7.11 Å². The van der Waals surface area contributed by atoms with Gasteiger partial charge in [-0.05, 0) is 30.7 Å². The summed E-state index contributed by atoms with van der Waals surface area (Å²) in [5.74, 6) is -0.351. The van der Waals surface area contributed by atoms with E-state index in [2.05, 4.69) is 0 Å². The number of rotatable bonds is 5. The van der Waals surface area contributed by atoms with Gasteiger partial charge >= 0.3 is 5.97 Å². The van der Waals surface area contributed by atoms with E-state index in [1.165, 1.54) is 0 Å². The molecule has 2 rings (SSSR count). The Hall–Kier alpha value is -1.94. The predicted molar refractivity (Wildman–Crippen MR) is 78.7 cm³/mol. The molecule has 0 bridgehead atoms. The van der Waals surface area contributed by atoms with Gasteiger partial charge < -0.3 is 14.4 Å². The van der Waals surface area contributed by atoms with E-state index < -0.39 is 5.97 Å². The number of carboxylic acids is 1. The van der Waals surface area contributed by atoms with Crippen LogP contribution in [0.2, 0.25) is 5.02 Å². The molecule has 0 aliphatic heterocycles. The van der Waals surface area contributed by atoms with Gasteiger partial charge in [0.15, 0.2) is 0 Å². The van der Waals surface area contributed by atoms with Crippen LogP contribution < -0.4 is 4.74 Å². The maximum atomic E-state index is 11.3. The fourth-order valence-electron chi connectivity index (χ4n) is 2.19. The minimum absolute atomic E-state index is 0.288. The van der Waals surface area contributed by atoms with E-state index in [1.54, 1.807) is 23.8 Å². The van der Waals surface area contributed by atoms with Gasteiger partial charge in [0.2, 0.25) is 0 Å². The molecule has 0 fully saturated rings. The largest absolute Gasteiger partial charge is 0.495 e. The van der Waals surface area contributed by atoms with E-state index in [0.717, 1.165) is 17.7 Å². The van der Waals surface area contributed by atoms with Crippen LogP contribution in [0.3, 0.4) is 0 Å². The van der Waals surface area contributed by atoms with Crippen LogP contribution in [0.25, 0.3) is 11.3 Å². The smallest absolute Gasteiger partial charge is 0.352 e. The molecule has 0 aliphatic rings. The second-order valence-corrected chi connectivity index (χ2v) is 4.82. The molecule has 0 saturated carbocycles. The van der Waals surface area contributed by atoms with Crippen LogP contribution in [0.5, 0.6) is 5.75 Å². The molecule has 0 radical (unpaired) electrons. The number of hydrogen-bond acceptors (Lipinski definition) is 2. The van der Waals surface area contributed by atoms with Gasteiger partial charge in [-0.3, -0.25) is 0 Å². The molecule has 0 atom stereocenters. The third-order valence-corrected chi connectivity index (χ3v) is 3.41. The zero-order chi connectivity index (χ0) is 14.7. The highest BCUT2D eigenvalue weighted by Crippen LogP contribution is 2.31. The van der Waals surface area contributed by atoms with Crippen LogP contribution >= 0.6 is 11.6 Å². The fourth-order valence-corrected chi connectivity index (χ4v) is 2.38. The van der Waals surface area contributed by atoms with E-state index in [9.17, 15) is 9.90 Å². The Morgan fingerprint density at radius 1 is 1.35 bits per heavy atom. The van der Waals surface area contributed by atoms with Gasteiger partial charge in [-0.2, -0.15) is 0 Å². The molecule has 1 N–H and O–H groups in total. The standard InChI is InChI=1S/C15H16ClNO3/c1-3-8-17-12(6-7-13(17)15(18)19)10-4-5-11(16)14(9-10)20-2/h4-7,9H,3,8H2,1-2H3,(H,18,19). The zero-order valence-corrected chi connectivity index (χ0v) is 12.1. The van der Waals surface area contributed by atoms with E-state index in [-0.39, 0.29) is 5.69 Å². The van der Waals surface area contributed by atoms with Gasteiger partial charge in [0.1, 0.15) is 11.4 Å². The summed E-state index contributed by atoms with van der Waals surface area (Å²) < 4.78 is 7.00. The first-order valence-electron chi connectivity index (χ1n) is 6.35. The summed E-state index contributed by atoms with van der Waals surface area (Å²) >= 11 is 6.01. The van der Waals surface area contributed by atoms with E-state index in [4.69, 9.17) is 16.3 Å². The monoisotopic (exact) mass is 293 g/mol. The topological polar surface area (TPSA) is 51.5 Å². The first kappa shape index (κ1) is 14.5. The first-order chi connectivity index (χ1) is 9.58. The Labute approximate surface area is 122 Å². The lowest BCUT2D eigenvalue weighted by Gasteiger charge is -2.12. The van der Waals surface area contributed by atoms with Crippen molar-refractivity contribution in [3.05, 3.63) is 41.0 Å². The van der Waals surface area contributed by atoms with E-state index >= 15 is 0 Å². The van der Waals surface area contributed by atoms with Gasteiger partial charge in [-0.25, -0.2) is 4.79 Å². The van der Waals surface area contributed by atoms with E-state index in [0.29, 0.717) is 17.3 Å². The molecule has 2 aromatic rings. The van der Waals surface area contributed by atoms with Crippen molar-refractivity contribution in [2.24, 2.45) is 0 Å². The average molecular weight is 294 g/mol. The van der Waals surface area contributed by atoms with Gasteiger partial charge in [0, 0.05) is 17.8 Å². The lowest BCUT2D eigenvalue weighted by molar-refractivity contribution is 0.0685. The quantitative estimate of drug-likeness (QED) is 0.909. The van der Waals surface area contributed by atoms with Crippen molar-refractivity contribution in [1.82, 2.24) is 4.57 Å². The van der Waals surface area contributed by atoms with Crippen LogP contribution in [0.1, 0.15) is 23.8 Å². The van der Waals surface area contributed by atoms with Crippen LogP contribution in [0, 0.1) is 0 Å². The normalized spacial score (nSPS) is 10.6. The molecule has 0 unspecified atom stereocenters. The predicted octanol–water partition coefficient (Wildman–Crippen LogP) is 3.93. The second-order valence-electron chi connectivity index (χ2n) is 4.41. The molecule has 1 aromatic heterocycles. The number of aromatic carboxylic acids is 1. The molecule has 1 heterocycles. The summed E-state index contributed by atoms with van der Waals surface area (Å²) in [6, 6.07) is 8.85. The molecule has 106 valence electrons. The fraction of sp³-hybridized carbons (Fsp3) is 0.267. The Morgan fingerprint density at radius 3 is 2.70 bits per heavy atom. The van der Waals surface area contributed by atoms with Crippen molar-refractivity contribution >= 4 is 17.6 Å². The summed E-state index contributed by atoms with van der Waals surface area (Å²) in [5, 5.41) is 9.76. The van der Waals surface area contributed by atoms with E-state index in [1.807, 2.05) is 25.1 Å². The maximum absolute atomic E-state index is 11.3. The number of halogens is 1. The Morgan fingerprint density at radius 2 is 2.10 bits per heavy atom. The molecule has 0 amide bonds. The van der Waals surface area contributed by atoms with Crippen molar-refractivity contribution in [3.8, 4) is 17.0 Å². The van der Waals surface area contributed by atoms with Gasteiger partial charge in [-0.15, -0.1) is 0 Å². The lowest BCUT2D eigenvalue weighted by atomic mass is 10.1. The number of aromatic nitrogens is 1. The molecule has 4 nitrogen and oxygen atoms in total. The lowest BCUT2D eigenvalue weighted by Crippen LogP contribution is -2.09. The highest BCUT2D eigenvalue weighted by Gasteiger charge is 2.15. The number of methoxy groups -OCH3 is 1. The third kappa shape index (κ3) is 2.65. The zero-order valence-electron chi connectivity index (χ0n) is 11.4. The minimum Gasteiger partial charge on any atom is -0.495 e. The van der Waals surface area contributed by atoms with Crippen molar-refractivity contribution in [3.63, 3.8) is 0 Å². The van der Waals surface area contributed by atoms with Gasteiger partial charge in [0.05, 0.1) is 12.1 Å².